The molecule has 2 heterocycles. The Morgan fingerprint density at radius 1 is 1.67 bits per heavy atom. The molecule has 0 bridgehead atoms. The highest BCUT2D eigenvalue weighted by molar-refractivity contribution is 7.09. The zero-order valence-corrected chi connectivity index (χ0v) is 9.96. The van der Waals surface area contributed by atoms with E-state index in [1.54, 1.807) is 11.3 Å². The highest BCUT2D eigenvalue weighted by atomic mass is 32.1. The van der Waals surface area contributed by atoms with Crippen molar-refractivity contribution in [3.8, 4) is 0 Å². The summed E-state index contributed by atoms with van der Waals surface area (Å²) in [6.45, 7) is 4.81. The fraction of sp³-hybridized carbons (Fsp3) is 0.636. The Balaban J connectivity index is 2.15. The van der Waals surface area contributed by atoms with Gasteiger partial charge >= 0.3 is 0 Å². The average molecular weight is 224 g/mol. The minimum atomic E-state index is 0.0885. The van der Waals surface area contributed by atoms with Crippen LogP contribution in [0.4, 0.5) is 0 Å². The molecule has 1 amide bonds. The molecule has 0 aliphatic carbocycles. The van der Waals surface area contributed by atoms with Crippen molar-refractivity contribution in [2.24, 2.45) is 5.92 Å². The number of hydrogen-bond donors (Lipinski definition) is 0. The molecule has 0 saturated carbocycles. The van der Waals surface area contributed by atoms with Gasteiger partial charge in [-0.1, -0.05) is 13.8 Å². The SMILES string of the molecule is CC(C)C(=O)N1CCCC1c1nccs1. The van der Waals surface area contributed by atoms with Gasteiger partial charge in [-0.15, -0.1) is 11.3 Å². The van der Waals surface area contributed by atoms with Crippen LogP contribution >= 0.6 is 11.3 Å². The number of likely N-dealkylation sites (tertiary alicyclic amines) is 1. The zero-order chi connectivity index (χ0) is 10.8. The van der Waals surface area contributed by atoms with Gasteiger partial charge in [0.1, 0.15) is 5.01 Å². The molecular formula is C11H16N2OS. The topological polar surface area (TPSA) is 33.2 Å². The van der Waals surface area contributed by atoms with Crippen molar-refractivity contribution in [3.63, 3.8) is 0 Å². The highest BCUT2D eigenvalue weighted by Gasteiger charge is 2.32. The summed E-state index contributed by atoms with van der Waals surface area (Å²) >= 11 is 1.65. The first-order valence-electron chi connectivity index (χ1n) is 5.40. The summed E-state index contributed by atoms with van der Waals surface area (Å²) in [4.78, 5) is 18.3. The number of carbonyl (C=O) groups is 1. The molecule has 1 aliphatic rings. The molecule has 0 N–H and O–H groups in total. The lowest BCUT2D eigenvalue weighted by Gasteiger charge is -2.24. The van der Waals surface area contributed by atoms with Gasteiger partial charge in [-0.25, -0.2) is 4.98 Å². The molecule has 1 atom stereocenters. The lowest BCUT2D eigenvalue weighted by atomic mass is 10.1. The number of amides is 1. The molecule has 82 valence electrons. The van der Waals surface area contributed by atoms with Crippen LogP contribution in [0.5, 0.6) is 0 Å². The Morgan fingerprint density at radius 3 is 3.07 bits per heavy atom. The van der Waals surface area contributed by atoms with Gasteiger partial charge in [-0.05, 0) is 12.8 Å². The lowest BCUT2D eigenvalue weighted by molar-refractivity contribution is -0.135. The van der Waals surface area contributed by atoms with E-state index in [0.717, 1.165) is 24.4 Å². The van der Waals surface area contributed by atoms with E-state index in [-0.39, 0.29) is 17.9 Å². The quantitative estimate of drug-likeness (QED) is 0.773. The van der Waals surface area contributed by atoms with E-state index in [1.165, 1.54) is 0 Å². The molecule has 3 nitrogen and oxygen atoms in total. The zero-order valence-electron chi connectivity index (χ0n) is 9.14. The van der Waals surface area contributed by atoms with E-state index < -0.39 is 0 Å². The van der Waals surface area contributed by atoms with E-state index in [9.17, 15) is 4.79 Å². The summed E-state index contributed by atoms with van der Waals surface area (Å²) < 4.78 is 0. The smallest absolute Gasteiger partial charge is 0.225 e. The maximum atomic E-state index is 12.0. The van der Waals surface area contributed by atoms with Crippen molar-refractivity contribution >= 4 is 17.2 Å². The molecule has 1 aromatic rings. The first kappa shape index (κ1) is 10.6. The van der Waals surface area contributed by atoms with Crippen LogP contribution < -0.4 is 0 Å². The molecule has 0 radical (unpaired) electrons. The Bertz CT molecular complexity index is 334. The van der Waals surface area contributed by atoms with Crippen LogP contribution in [0, 0.1) is 5.92 Å². The Morgan fingerprint density at radius 2 is 2.47 bits per heavy atom. The number of aromatic nitrogens is 1. The molecule has 0 aromatic carbocycles. The van der Waals surface area contributed by atoms with Crippen LogP contribution in [0.1, 0.15) is 37.7 Å². The molecular weight excluding hydrogens is 208 g/mol. The second-order valence-corrected chi connectivity index (χ2v) is 5.14. The summed E-state index contributed by atoms with van der Waals surface area (Å²) in [5.41, 5.74) is 0. The van der Waals surface area contributed by atoms with Crippen molar-refractivity contribution in [2.45, 2.75) is 32.7 Å². The van der Waals surface area contributed by atoms with Gasteiger partial charge in [0.05, 0.1) is 6.04 Å². The third-order valence-corrected chi connectivity index (χ3v) is 3.64. The van der Waals surface area contributed by atoms with Crippen molar-refractivity contribution in [2.75, 3.05) is 6.54 Å². The first-order valence-corrected chi connectivity index (χ1v) is 6.28. The molecule has 1 saturated heterocycles. The molecule has 0 spiro atoms. The number of thiazole rings is 1. The molecule has 2 rings (SSSR count). The van der Waals surface area contributed by atoms with Gasteiger partial charge in [0.2, 0.25) is 5.91 Å². The highest BCUT2D eigenvalue weighted by Crippen LogP contribution is 2.33. The first-order chi connectivity index (χ1) is 7.20. The largest absolute Gasteiger partial charge is 0.333 e. The predicted octanol–water partition coefficient (Wildman–Crippen LogP) is 2.46. The fourth-order valence-electron chi connectivity index (χ4n) is 2.02. The van der Waals surface area contributed by atoms with Crippen LogP contribution in [-0.4, -0.2) is 22.3 Å². The summed E-state index contributed by atoms with van der Waals surface area (Å²) in [7, 11) is 0. The molecule has 1 aliphatic heterocycles. The third kappa shape index (κ3) is 2.04. The third-order valence-electron chi connectivity index (χ3n) is 2.77. The molecule has 1 aromatic heterocycles. The normalized spacial score (nSPS) is 21.3. The van der Waals surface area contributed by atoms with Crippen LogP contribution in [0.2, 0.25) is 0 Å². The second kappa shape index (κ2) is 4.31. The Labute approximate surface area is 94.1 Å². The fourth-order valence-corrected chi connectivity index (χ4v) is 2.80. The minimum absolute atomic E-state index is 0.0885. The Kier molecular flexibility index (Phi) is 3.05. The average Bonchev–Trinajstić information content (AvgIpc) is 2.86. The molecule has 1 unspecified atom stereocenters. The molecule has 15 heavy (non-hydrogen) atoms. The van der Waals surface area contributed by atoms with E-state index in [0.29, 0.717) is 0 Å². The summed E-state index contributed by atoms with van der Waals surface area (Å²) in [6.07, 6.45) is 3.98. The van der Waals surface area contributed by atoms with Gasteiger partial charge in [0.25, 0.3) is 0 Å². The number of hydrogen-bond acceptors (Lipinski definition) is 3. The standard InChI is InChI=1S/C11H16N2OS/c1-8(2)11(14)13-6-3-4-9(13)10-12-5-7-15-10/h5,7-9H,3-4,6H2,1-2H3. The van der Waals surface area contributed by atoms with E-state index >= 15 is 0 Å². The maximum Gasteiger partial charge on any atom is 0.225 e. The van der Waals surface area contributed by atoms with Gasteiger partial charge in [-0.3, -0.25) is 4.79 Å². The number of rotatable bonds is 2. The second-order valence-electron chi connectivity index (χ2n) is 4.21. The van der Waals surface area contributed by atoms with Gasteiger partial charge in [0.15, 0.2) is 0 Å². The minimum Gasteiger partial charge on any atom is -0.333 e. The van der Waals surface area contributed by atoms with E-state index in [4.69, 9.17) is 0 Å². The number of carbonyl (C=O) groups excluding carboxylic acids is 1. The van der Waals surface area contributed by atoms with Crippen molar-refractivity contribution in [3.05, 3.63) is 16.6 Å². The van der Waals surface area contributed by atoms with Crippen LogP contribution in [0.3, 0.4) is 0 Å². The molecule has 1 fully saturated rings. The van der Waals surface area contributed by atoms with Crippen LogP contribution in [0.25, 0.3) is 0 Å². The monoisotopic (exact) mass is 224 g/mol. The van der Waals surface area contributed by atoms with E-state index in [2.05, 4.69) is 4.98 Å². The van der Waals surface area contributed by atoms with Gasteiger partial charge < -0.3 is 4.90 Å². The van der Waals surface area contributed by atoms with E-state index in [1.807, 2.05) is 30.3 Å². The Hall–Kier alpha value is -0.900. The number of nitrogens with zero attached hydrogens (tertiary/aromatic N) is 2. The summed E-state index contributed by atoms with van der Waals surface area (Å²) in [5, 5.41) is 3.06. The predicted molar refractivity (Wildman–Crippen MR) is 60.6 cm³/mol. The van der Waals surface area contributed by atoms with Gasteiger partial charge in [0, 0.05) is 24.0 Å². The summed E-state index contributed by atoms with van der Waals surface area (Å²) in [5.74, 6) is 0.346. The van der Waals surface area contributed by atoms with Crippen molar-refractivity contribution < 1.29 is 4.79 Å². The lowest BCUT2D eigenvalue weighted by Crippen LogP contribution is -2.33. The molecule has 4 heteroatoms. The van der Waals surface area contributed by atoms with Crippen molar-refractivity contribution in [1.82, 2.24) is 9.88 Å². The van der Waals surface area contributed by atoms with Crippen molar-refractivity contribution in [1.29, 1.82) is 0 Å². The van der Waals surface area contributed by atoms with Crippen LogP contribution in [0.15, 0.2) is 11.6 Å². The van der Waals surface area contributed by atoms with Gasteiger partial charge in [-0.2, -0.15) is 0 Å². The summed E-state index contributed by atoms with van der Waals surface area (Å²) in [6, 6.07) is 0.236. The maximum absolute atomic E-state index is 12.0. The van der Waals surface area contributed by atoms with Crippen LogP contribution in [-0.2, 0) is 4.79 Å².